The first-order valence-corrected chi connectivity index (χ1v) is 15.6. The molecule has 0 radical (unpaired) electrons. The summed E-state index contributed by atoms with van der Waals surface area (Å²) in [4.78, 5) is 86.7. The molecule has 1 amide bonds. The second kappa shape index (κ2) is 13.3. The minimum atomic E-state index is -0.925. The number of piperazine rings is 1. The summed E-state index contributed by atoms with van der Waals surface area (Å²) in [6.45, 7) is 14.9. The van der Waals surface area contributed by atoms with Crippen molar-refractivity contribution in [3.63, 3.8) is 0 Å². The Morgan fingerprint density at radius 1 is 0.812 bits per heavy atom. The summed E-state index contributed by atoms with van der Waals surface area (Å²) in [5.74, 6) is -1.05. The van der Waals surface area contributed by atoms with Crippen LogP contribution in [-0.4, -0.2) is 79.7 Å². The molecule has 3 heterocycles. The predicted octanol–water partition coefficient (Wildman–Crippen LogP) is 3.31. The fourth-order valence-electron chi connectivity index (χ4n) is 4.78. The van der Waals surface area contributed by atoms with Gasteiger partial charge in [0.25, 0.3) is 5.56 Å². The lowest BCUT2D eigenvalue weighted by molar-refractivity contribution is -0.157. The molecule has 48 heavy (non-hydrogen) atoms. The Kier molecular flexibility index (Phi) is 9.93. The topological polar surface area (TPSA) is 164 Å². The molecule has 0 unspecified atom stereocenters. The lowest BCUT2D eigenvalue weighted by atomic mass is 9.97. The summed E-state index contributed by atoms with van der Waals surface area (Å²) in [5, 5.41) is 0. The quantitative estimate of drug-likeness (QED) is 0.206. The van der Waals surface area contributed by atoms with Gasteiger partial charge in [0.1, 0.15) is 5.60 Å². The Bertz CT molecular complexity index is 1840. The molecule has 1 aliphatic rings. The summed E-state index contributed by atoms with van der Waals surface area (Å²) < 4.78 is 19.6. The van der Waals surface area contributed by atoms with Crippen molar-refractivity contribution in [2.24, 2.45) is 10.8 Å². The molecule has 1 aliphatic heterocycles. The van der Waals surface area contributed by atoms with Crippen LogP contribution in [0.15, 0.2) is 33.9 Å². The molecule has 2 aromatic heterocycles. The fourth-order valence-corrected chi connectivity index (χ4v) is 4.78. The maximum absolute atomic E-state index is 14.2. The first-order chi connectivity index (χ1) is 22.2. The molecule has 1 fully saturated rings. The van der Waals surface area contributed by atoms with E-state index in [4.69, 9.17) is 19.2 Å². The standard InChI is InChI=1S/C33H44N6O9/c1-31(2,3)26(42)46-19-37-24-23(25(41)38(29(37)44)20-47-27(43)32(4,5)6)39(22-13-11-10-12-21(22)18-40)28(34-24)35-14-16-36(17-15-35)30(45)48-33(7,8)9/h10-13,18H,14-17,19-20H2,1-9H3. The van der Waals surface area contributed by atoms with Gasteiger partial charge in [-0.2, -0.15) is 4.98 Å². The summed E-state index contributed by atoms with van der Waals surface area (Å²) in [5.41, 5.74) is -3.98. The second-order valence-corrected chi connectivity index (χ2v) is 14.6. The number of carbonyl (C=O) groups excluding carboxylic acids is 4. The Morgan fingerprint density at radius 2 is 1.35 bits per heavy atom. The SMILES string of the molecule is CC(C)(C)OC(=O)N1CCN(c2nc3c(c(=O)n(COC(=O)C(C)(C)C)c(=O)n3COC(=O)C(C)(C)C)n2-c2ccccc2C=O)CC1. The Hall–Kier alpha value is -4.95. The number of esters is 2. The lowest BCUT2D eigenvalue weighted by Gasteiger charge is -2.36. The Balaban J connectivity index is 1.94. The fraction of sp³-hybridized carbons (Fsp3) is 0.545. The van der Waals surface area contributed by atoms with E-state index in [9.17, 15) is 28.8 Å². The molecule has 0 bridgehead atoms. The van der Waals surface area contributed by atoms with Crippen LogP contribution < -0.4 is 16.1 Å². The number of nitrogens with zero attached hydrogens (tertiary/aromatic N) is 6. The van der Waals surface area contributed by atoms with Crippen molar-refractivity contribution in [3.8, 4) is 5.69 Å². The number of aromatic nitrogens is 4. The molecule has 0 spiro atoms. The number of ether oxygens (including phenoxy) is 3. The number of imidazole rings is 1. The maximum atomic E-state index is 14.2. The highest BCUT2D eigenvalue weighted by Crippen LogP contribution is 2.28. The number of aldehydes is 1. The van der Waals surface area contributed by atoms with Gasteiger partial charge in [-0.05, 0) is 74.4 Å². The Labute approximate surface area is 278 Å². The monoisotopic (exact) mass is 668 g/mol. The van der Waals surface area contributed by atoms with Gasteiger partial charge in [0.05, 0.1) is 16.5 Å². The molecule has 15 nitrogen and oxygen atoms in total. The van der Waals surface area contributed by atoms with Crippen molar-refractivity contribution in [3.05, 3.63) is 50.7 Å². The third-order valence-electron chi connectivity index (χ3n) is 7.40. The number of benzene rings is 1. The number of amides is 1. The maximum Gasteiger partial charge on any atom is 0.410 e. The van der Waals surface area contributed by atoms with Crippen LogP contribution in [0.3, 0.4) is 0 Å². The van der Waals surface area contributed by atoms with E-state index in [0.29, 0.717) is 12.0 Å². The van der Waals surface area contributed by atoms with Gasteiger partial charge >= 0.3 is 23.7 Å². The van der Waals surface area contributed by atoms with Crippen molar-refractivity contribution in [1.29, 1.82) is 0 Å². The molecule has 1 aromatic carbocycles. The van der Waals surface area contributed by atoms with Crippen molar-refractivity contribution in [2.45, 2.75) is 81.4 Å². The van der Waals surface area contributed by atoms with E-state index in [-0.39, 0.29) is 48.9 Å². The smallest absolute Gasteiger partial charge is 0.410 e. The van der Waals surface area contributed by atoms with Gasteiger partial charge in [0.15, 0.2) is 30.9 Å². The molecule has 260 valence electrons. The molecule has 4 rings (SSSR count). The van der Waals surface area contributed by atoms with E-state index in [2.05, 4.69) is 0 Å². The highest BCUT2D eigenvalue weighted by molar-refractivity contribution is 5.86. The molecule has 0 N–H and O–H groups in total. The minimum Gasteiger partial charge on any atom is -0.444 e. The molecule has 0 atom stereocenters. The van der Waals surface area contributed by atoms with Crippen LogP contribution in [0.2, 0.25) is 0 Å². The largest absolute Gasteiger partial charge is 0.444 e. The van der Waals surface area contributed by atoms with E-state index in [1.807, 2.05) is 4.90 Å². The number of anilines is 1. The average molecular weight is 669 g/mol. The van der Waals surface area contributed by atoms with Gasteiger partial charge in [-0.3, -0.25) is 23.7 Å². The van der Waals surface area contributed by atoms with Crippen LogP contribution in [0.4, 0.5) is 10.7 Å². The van der Waals surface area contributed by atoms with Crippen LogP contribution >= 0.6 is 0 Å². The van der Waals surface area contributed by atoms with Gasteiger partial charge in [0.2, 0.25) is 5.95 Å². The Morgan fingerprint density at radius 3 is 1.88 bits per heavy atom. The lowest BCUT2D eigenvalue weighted by Crippen LogP contribution is -2.50. The summed E-state index contributed by atoms with van der Waals surface area (Å²) in [6.07, 6.45) is 0.167. The number of fused-ring (bicyclic) bond motifs is 1. The second-order valence-electron chi connectivity index (χ2n) is 14.6. The van der Waals surface area contributed by atoms with Crippen molar-refractivity contribution in [1.82, 2.24) is 23.6 Å². The molecule has 0 aliphatic carbocycles. The molecular weight excluding hydrogens is 624 g/mol. The molecule has 15 heteroatoms. The molecule has 0 saturated carbocycles. The molecule has 1 saturated heterocycles. The summed E-state index contributed by atoms with van der Waals surface area (Å²) >= 11 is 0. The number of para-hydroxylation sites is 1. The molecule has 3 aromatic rings. The van der Waals surface area contributed by atoms with Crippen LogP contribution in [0.25, 0.3) is 16.9 Å². The van der Waals surface area contributed by atoms with E-state index in [1.54, 1.807) is 91.5 Å². The highest BCUT2D eigenvalue weighted by Gasteiger charge is 2.32. The zero-order valence-corrected chi connectivity index (χ0v) is 29.0. The summed E-state index contributed by atoms with van der Waals surface area (Å²) in [6, 6.07) is 6.55. The van der Waals surface area contributed by atoms with Crippen LogP contribution in [-0.2, 0) is 37.3 Å². The third kappa shape index (κ3) is 7.60. The molecular formula is C33H44N6O9. The third-order valence-corrected chi connectivity index (χ3v) is 7.40. The van der Waals surface area contributed by atoms with Crippen molar-refractivity contribution >= 4 is 41.4 Å². The van der Waals surface area contributed by atoms with E-state index in [1.165, 1.54) is 4.57 Å². The van der Waals surface area contributed by atoms with Crippen LogP contribution in [0.5, 0.6) is 0 Å². The average Bonchev–Trinajstić information content (AvgIpc) is 3.39. The van der Waals surface area contributed by atoms with Gasteiger partial charge in [-0.25, -0.2) is 18.7 Å². The van der Waals surface area contributed by atoms with E-state index in [0.717, 1.165) is 9.13 Å². The predicted molar refractivity (Wildman–Crippen MR) is 176 cm³/mol. The van der Waals surface area contributed by atoms with Crippen LogP contribution in [0.1, 0.15) is 72.7 Å². The van der Waals surface area contributed by atoms with Crippen LogP contribution in [0, 0.1) is 10.8 Å². The first-order valence-electron chi connectivity index (χ1n) is 15.6. The van der Waals surface area contributed by atoms with E-state index < -0.39 is 59.2 Å². The number of hydrogen-bond donors (Lipinski definition) is 0. The van der Waals surface area contributed by atoms with Gasteiger partial charge in [-0.1, -0.05) is 12.1 Å². The number of rotatable bonds is 7. The zero-order chi connectivity index (χ0) is 35.8. The van der Waals surface area contributed by atoms with Gasteiger partial charge in [-0.15, -0.1) is 0 Å². The number of carbonyl (C=O) groups is 4. The van der Waals surface area contributed by atoms with Gasteiger partial charge in [0, 0.05) is 31.7 Å². The first kappa shape index (κ1) is 35.9. The summed E-state index contributed by atoms with van der Waals surface area (Å²) in [7, 11) is 0. The highest BCUT2D eigenvalue weighted by atomic mass is 16.6. The number of hydrogen-bond acceptors (Lipinski definition) is 11. The zero-order valence-electron chi connectivity index (χ0n) is 29.0. The van der Waals surface area contributed by atoms with Crippen molar-refractivity contribution in [2.75, 3.05) is 31.1 Å². The normalized spacial score (nSPS) is 14.2. The van der Waals surface area contributed by atoms with E-state index >= 15 is 0 Å². The minimum absolute atomic E-state index is 0.115. The van der Waals surface area contributed by atoms with Gasteiger partial charge < -0.3 is 24.0 Å². The van der Waals surface area contributed by atoms with Crippen molar-refractivity contribution < 1.29 is 33.4 Å².